The summed E-state index contributed by atoms with van der Waals surface area (Å²) in [6.45, 7) is 35.1. The third-order valence-corrected chi connectivity index (χ3v) is 6.72. The number of esters is 1. The van der Waals surface area contributed by atoms with Crippen molar-refractivity contribution in [1.82, 2.24) is 0 Å². The number of methoxy groups -OCH3 is 2. The number of aryl methyl sites for hydroxylation is 2. The van der Waals surface area contributed by atoms with Gasteiger partial charge < -0.3 is 23.7 Å². The van der Waals surface area contributed by atoms with Gasteiger partial charge in [-0.1, -0.05) is 97.3 Å². The molecular weight excluding hydrogens is 685 g/mol. The van der Waals surface area contributed by atoms with Gasteiger partial charge in [-0.05, 0) is 107 Å². The first-order valence-corrected chi connectivity index (χ1v) is 19.1. The first-order chi connectivity index (χ1) is 26.5. The summed E-state index contributed by atoms with van der Waals surface area (Å²) in [5.41, 5.74) is 9.00. The lowest BCUT2D eigenvalue weighted by atomic mass is 9.73. The van der Waals surface area contributed by atoms with Crippen LogP contribution in [0.2, 0.25) is 0 Å². The zero-order chi connectivity index (χ0) is 43.5. The van der Waals surface area contributed by atoms with Crippen molar-refractivity contribution in [3.8, 4) is 37.4 Å². The van der Waals surface area contributed by atoms with E-state index in [1.807, 2.05) is 51.2 Å². The number of rotatable bonds is 10. The summed E-state index contributed by atoms with van der Waals surface area (Å²) in [6.07, 6.45) is 41.8. The number of carbonyl (C=O) groups is 1. The lowest BCUT2D eigenvalue weighted by Gasteiger charge is -2.32. The predicted octanol–water partition coefficient (Wildman–Crippen LogP) is 12.4. The van der Waals surface area contributed by atoms with Crippen LogP contribution in [0, 0.1) is 44.3 Å². The third kappa shape index (κ3) is 47.0. The summed E-state index contributed by atoms with van der Waals surface area (Å²) < 4.78 is 21.9. The molecule has 0 spiro atoms. The van der Waals surface area contributed by atoms with Crippen LogP contribution in [-0.2, 0) is 54.2 Å². The van der Waals surface area contributed by atoms with Crippen molar-refractivity contribution in [2.75, 3.05) is 34.0 Å². The highest BCUT2D eigenvalue weighted by atomic mass is 16.5. The maximum Gasteiger partial charge on any atom is 0.333 e. The molecule has 0 aromatic heterocycles. The van der Waals surface area contributed by atoms with E-state index in [4.69, 9.17) is 6.42 Å². The third-order valence-electron chi connectivity index (χ3n) is 6.72. The summed E-state index contributed by atoms with van der Waals surface area (Å²) in [5.74, 6) is 2.25. The molecule has 1 aromatic carbocycles. The first-order valence-electron chi connectivity index (χ1n) is 19.1. The number of cyclic esters (lactones) is 1. The summed E-state index contributed by atoms with van der Waals surface area (Å²) >= 11 is 0. The molecule has 0 N–H and O–H groups in total. The molecule has 0 atom stereocenters. The Morgan fingerprint density at radius 3 is 1.44 bits per heavy atom. The van der Waals surface area contributed by atoms with E-state index in [-0.39, 0.29) is 5.97 Å². The minimum atomic E-state index is -0.181. The molecule has 6 heteroatoms. The molecule has 1 aliphatic heterocycles. The molecule has 0 radical (unpaired) electrons. The molecule has 2 aliphatic carbocycles. The molecular formula is C49H78O6. The number of ether oxygens (including phenoxy) is 5. The monoisotopic (exact) mass is 763 g/mol. The molecule has 55 heavy (non-hydrogen) atoms. The van der Waals surface area contributed by atoms with Crippen molar-refractivity contribution < 1.29 is 28.5 Å². The quantitative estimate of drug-likeness (QED) is 0.0778. The van der Waals surface area contributed by atoms with Gasteiger partial charge in [0.25, 0.3) is 0 Å². The average Bonchev–Trinajstić information content (AvgIpc) is 3.57. The minimum absolute atomic E-state index is 0.181. The Hall–Kier alpha value is -4.99. The number of allylic oxidation sites excluding steroid dienone is 3. The van der Waals surface area contributed by atoms with Crippen LogP contribution in [0.1, 0.15) is 121 Å². The Bertz CT molecular complexity index is 1180. The van der Waals surface area contributed by atoms with Crippen molar-refractivity contribution in [2.24, 2.45) is 0 Å². The number of fused-ring (bicyclic) bond motifs is 3. The molecule has 0 saturated heterocycles. The lowest BCUT2D eigenvalue weighted by Crippen LogP contribution is -2.21. The van der Waals surface area contributed by atoms with Crippen molar-refractivity contribution in [3.63, 3.8) is 0 Å². The second kappa shape index (κ2) is 55.8. The van der Waals surface area contributed by atoms with E-state index in [0.29, 0.717) is 13.2 Å². The van der Waals surface area contributed by atoms with Gasteiger partial charge in [-0.15, -0.1) is 32.1 Å². The molecule has 0 bridgehead atoms. The molecule has 0 fully saturated rings. The molecule has 6 nitrogen and oxygen atoms in total. The average molecular weight is 763 g/mol. The van der Waals surface area contributed by atoms with Crippen LogP contribution < -0.4 is 0 Å². The fraction of sp³-hybridized carbons (Fsp3) is 0.490. The molecule has 1 heterocycles. The van der Waals surface area contributed by atoms with Gasteiger partial charge in [0.1, 0.15) is 18.8 Å². The Balaban J connectivity index is -0.000000125. The number of carbonyl (C=O) groups excluding carboxylic acids is 1. The van der Waals surface area contributed by atoms with Gasteiger partial charge in [-0.3, -0.25) is 0 Å². The predicted molar refractivity (Wildman–Crippen MR) is 240 cm³/mol. The topological polar surface area (TPSA) is 63.2 Å². The van der Waals surface area contributed by atoms with E-state index in [1.54, 1.807) is 47.9 Å². The molecule has 4 rings (SSSR count). The standard InChI is InChI=1S/C11H12.C6H12.C5H6O2.C5H10.C4H8O.C4H6O.C4H8.C4H6.C3H6O.C3H4O/c1-7-6-8-2-3-10(8)11-5-4-9(7)11;1-3-5-6-4-2;1-4-2-3-7-5(4)6;3*1-3-5-4-2;4*1-3-4-2/h6H,2-5H2,1H3;3H,1,4-6H2,2H3;2H,3H2,1H3;3H,1,4-5H2,2H3;3H,1,4H2,2H3;1H,4H2,2H3;3H,1,4H2,2H3;1H,4H2,2H3;3H,1H2,2H3;1H,2H3. The SMILES string of the molecule is C#CCC.C#COC.C#COCC.C=CCC.C=CCCC.C=CCCCC.C=COC.C=COCC.CC1=CCOC1=O.Cc1cc2c(c3c1CC3)CC2. The Kier molecular flexibility index (Phi) is 62.9. The van der Waals surface area contributed by atoms with Gasteiger partial charge in [-0.25, -0.2) is 4.79 Å². The van der Waals surface area contributed by atoms with E-state index in [0.717, 1.165) is 31.4 Å². The zero-order valence-corrected chi connectivity index (χ0v) is 36.7. The van der Waals surface area contributed by atoms with Crippen molar-refractivity contribution in [2.45, 2.75) is 126 Å². The van der Waals surface area contributed by atoms with E-state index in [2.05, 4.69) is 109 Å². The lowest BCUT2D eigenvalue weighted by molar-refractivity contribution is -0.135. The minimum Gasteiger partial charge on any atom is -0.505 e. The Morgan fingerprint density at radius 1 is 0.764 bits per heavy atom. The number of unbranched alkanes of at least 4 members (excludes halogenated alkanes) is 3. The second-order valence-electron chi connectivity index (χ2n) is 10.9. The maximum absolute atomic E-state index is 10.3. The van der Waals surface area contributed by atoms with E-state index in [9.17, 15) is 4.79 Å². The number of hydrogen-bond acceptors (Lipinski definition) is 6. The number of hydrogen-bond donors (Lipinski definition) is 0. The highest BCUT2D eigenvalue weighted by molar-refractivity contribution is 5.89. The van der Waals surface area contributed by atoms with Gasteiger partial charge >= 0.3 is 5.97 Å². The molecule has 0 saturated carbocycles. The fourth-order valence-electron chi connectivity index (χ4n) is 3.58. The van der Waals surface area contributed by atoms with Gasteiger partial charge in [0, 0.05) is 12.0 Å². The highest BCUT2D eigenvalue weighted by Crippen LogP contribution is 2.37. The summed E-state index contributed by atoms with van der Waals surface area (Å²) in [5, 5.41) is 0. The molecule has 0 unspecified atom stereocenters. The maximum atomic E-state index is 10.3. The smallest absolute Gasteiger partial charge is 0.333 e. The van der Waals surface area contributed by atoms with Gasteiger partial charge in [0.05, 0.1) is 40.0 Å². The van der Waals surface area contributed by atoms with E-state index >= 15 is 0 Å². The van der Waals surface area contributed by atoms with Crippen LogP contribution in [0.15, 0.2) is 81.4 Å². The molecule has 1 aromatic rings. The van der Waals surface area contributed by atoms with Crippen LogP contribution in [0.4, 0.5) is 0 Å². The largest absolute Gasteiger partial charge is 0.505 e. The number of terminal acetylenes is 3. The van der Waals surface area contributed by atoms with E-state index in [1.165, 1.54) is 71.0 Å². The molecule has 310 valence electrons. The van der Waals surface area contributed by atoms with E-state index < -0.39 is 0 Å². The van der Waals surface area contributed by atoms with Crippen LogP contribution in [0.25, 0.3) is 0 Å². The van der Waals surface area contributed by atoms with Gasteiger partial charge in [0.2, 0.25) is 0 Å². The summed E-state index contributed by atoms with van der Waals surface area (Å²) in [7, 11) is 3.01. The van der Waals surface area contributed by atoms with Crippen molar-refractivity contribution in [1.29, 1.82) is 0 Å². The normalized spacial score (nSPS) is 10.2. The summed E-state index contributed by atoms with van der Waals surface area (Å²) in [4.78, 5) is 10.3. The van der Waals surface area contributed by atoms with Crippen molar-refractivity contribution >= 4 is 5.97 Å². The zero-order valence-electron chi connectivity index (χ0n) is 36.7. The van der Waals surface area contributed by atoms with Gasteiger partial charge in [0.15, 0.2) is 0 Å². The highest BCUT2D eigenvalue weighted by Gasteiger charge is 2.26. The van der Waals surface area contributed by atoms with Gasteiger partial charge in [-0.2, -0.15) is 0 Å². The fourth-order valence-corrected chi connectivity index (χ4v) is 3.58. The van der Waals surface area contributed by atoms with Crippen molar-refractivity contribution in [3.05, 3.63) is 109 Å². The molecule has 3 aliphatic rings. The van der Waals surface area contributed by atoms with Crippen LogP contribution >= 0.6 is 0 Å². The second-order valence-corrected chi connectivity index (χ2v) is 10.9. The number of benzene rings is 1. The first kappa shape index (κ1) is 62.0. The molecule has 0 amide bonds. The van der Waals surface area contributed by atoms with Crippen LogP contribution in [0.5, 0.6) is 0 Å². The Morgan fingerprint density at radius 2 is 1.29 bits per heavy atom. The van der Waals surface area contributed by atoms with Crippen LogP contribution in [-0.4, -0.2) is 40.0 Å². The Labute approximate surface area is 340 Å². The summed E-state index contributed by atoms with van der Waals surface area (Å²) in [6, 6.07) is 2.40. The van der Waals surface area contributed by atoms with Crippen LogP contribution in [0.3, 0.4) is 0 Å².